The van der Waals surface area contributed by atoms with Crippen molar-refractivity contribution in [1.29, 1.82) is 0 Å². The Morgan fingerprint density at radius 2 is 2.31 bits per heavy atom. The van der Waals surface area contributed by atoms with E-state index in [1.54, 1.807) is 0 Å². The van der Waals surface area contributed by atoms with Crippen molar-refractivity contribution in [2.75, 3.05) is 12.3 Å². The van der Waals surface area contributed by atoms with Crippen molar-refractivity contribution in [2.24, 2.45) is 5.92 Å². The number of nitrogen functional groups attached to an aromatic ring is 1. The lowest BCUT2D eigenvalue weighted by molar-refractivity contribution is -0.385. The van der Waals surface area contributed by atoms with Crippen LogP contribution in [0.3, 0.4) is 0 Å². The van der Waals surface area contributed by atoms with Gasteiger partial charge in [0.15, 0.2) is 0 Å². The molecule has 0 radical (unpaired) electrons. The Morgan fingerprint density at radius 1 is 1.56 bits per heavy atom. The Hall–Kier alpha value is -1.92. The fourth-order valence-corrected chi connectivity index (χ4v) is 1.38. The van der Waals surface area contributed by atoms with Gasteiger partial charge in [0.2, 0.25) is 5.82 Å². The van der Waals surface area contributed by atoms with Crippen LogP contribution in [-0.2, 0) is 0 Å². The van der Waals surface area contributed by atoms with Gasteiger partial charge in [-0.1, -0.05) is 12.8 Å². The lowest BCUT2D eigenvalue weighted by Gasteiger charge is -2.05. The van der Waals surface area contributed by atoms with E-state index in [9.17, 15) is 10.1 Å². The molecule has 1 heterocycles. The standard InChI is InChI=1S/C9H12N4O3/c10-8-7(13(14)15)9(12-5-11-8)16-4-3-6-1-2-6/h5-6H,1-4H2,(H2,10,11,12). The van der Waals surface area contributed by atoms with Gasteiger partial charge in [0.25, 0.3) is 5.88 Å². The van der Waals surface area contributed by atoms with Gasteiger partial charge >= 0.3 is 5.69 Å². The van der Waals surface area contributed by atoms with E-state index >= 15 is 0 Å². The van der Waals surface area contributed by atoms with Crippen LogP contribution in [0.4, 0.5) is 11.5 Å². The predicted molar refractivity (Wildman–Crippen MR) is 55.9 cm³/mol. The maximum atomic E-state index is 10.7. The van der Waals surface area contributed by atoms with Gasteiger partial charge in [-0.2, -0.15) is 4.98 Å². The molecule has 0 aromatic carbocycles. The van der Waals surface area contributed by atoms with Crippen LogP contribution >= 0.6 is 0 Å². The van der Waals surface area contributed by atoms with Crippen molar-refractivity contribution in [3.8, 4) is 5.88 Å². The molecule has 1 aromatic rings. The van der Waals surface area contributed by atoms with Crippen molar-refractivity contribution < 1.29 is 9.66 Å². The molecule has 2 rings (SSSR count). The van der Waals surface area contributed by atoms with E-state index in [2.05, 4.69) is 9.97 Å². The molecule has 1 saturated carbocycles. The molecule has 1 aliphatic rings. The second kappa shape index (κ2) is 4.30. The summed E-state index contributed by atoms with van der Waals surface area (Å²) in [6.07, 6.45) is 4.50. The number of nitro groups is 1. The van der Waals surface area contributed by atoms with Crippen molar-refractivity contribution in [3.05, 3.63) is 16.4 Å². The molecule has 1 aliphatic carbocycles. The number of hydrogen-bond acceptors (Lipinski definition) is 6. The Balaban J connectivity index is 2.05. The van der Waals surface area contributed by atoms with E-state index < -0.39 is 4.92 Å². The Bertz CT molecular complexity index is 406. The fourth-order valence-electron chi connectivity index (χ4n) is 1.38. The van der Waals surface area contributed by atoms with E-state index in [0.717, 1.165) is 12.7 Å². The third-order valence-corrected chi connectivity index (χ3v) is 2.46. The zero-order chi connectivity index (χ0) is 11.5. The highest BCUT2D eigenvalue weighted by Gasteiger charge is 2.24. The van der Waals surface area contributed by atoms with Crippen LogP contribution in [0, 0.1) is 16.0 Å². The highest BCUT2D eigenvalue weighted by molar-refractivity contribution is 5.57. The maximum absolute atomic E-state index is 10.7. The molecule has 0 atom stereocenters. The number of nitrogens with two attached hydrogens (primary N) is 1. The monoisotopic (exact) mass is 224 g/mol. The minimum absolute atomic E-state index is 0.0434. The molecule has 0 aliphatic heterocycles. The second-order valence-electron chi connectivity index (χ2n) is 3.75. The van der Waals surface area contributed by atoms with E-state index in [1.807, 2.05) is 0 Å². The molecule has 2 N–H and O–H groups in total. The third kappa shape index (κ3) is 2.36. The highest BCUT2D eigenvalue weighted by atomic mass is 16.6. The summed E-state index contributed by atoms with van der Waals surface area (Å²) in [6, 6.07) is 0. The first-order chi connectivity index (χ1) is 7.68. The quantitative estimate of drug-likeness (QED) is 0.594. The number of rotatable bonds is 5. The van der Waals surface area contributed by atoms with E-state index in [-0.39, 0.29) is 17.4 Å². The number of ether oxygens (including phenoxy) is 1. The Kier molecular flexibility index (Phi) is 2.84. The molecule has 16 heavy (non-hydrogen) atoms. The average Bonchev–Trinajstić information content (AvgIpc) is 3.01. The molecular weight excluding hydrogens is 212 g/mol. The van der Waals surface area contributed by atoms with Crippen LogP contribution in [-0.4, -0.2) is 21.5 Å². The maximum Gasteiger partial charge on any atom is 0.372 e. The SMILES string of the molecule is Nc1ncnc(OCCC2CC2)c1[N+](=O)[O-]. The molecule has 0 amide bonds. The molecule has 7 nitrogen and oxygen atoms in total. The average molecular weight is 224 g/mol. The molecule has 0 bridgehead atoms. The molecule has 0 unspecified atom stereocenters. The Morgan fingerprint density at radius 3 is 2.94 bits per heavy atom. The van der Waals surface area contributed by atoms with Crippen LogP contribution in [0.2, 0.25) is 0 Å². The minimum atomic E-state index is -0.623. The van der Waals surface area contributed by atoms with Crippen LogP contribution < -0.4 is 10.5 Å². The summed E-state index contributed by atoms with van der Waals surface area (Å²) in [6.45, 7) is 0.432. The summed E-state index contributed by atoms with van der Waals surface area (Å²) in [7, 11) is 0. The first-order valence-corrected chi connectivity index (χ1v) is 5.06. The topological polar surface area (TPSA) is 104 Å². The normalized spacial score (nSPS) is 14.8. The molecule has 7 heteroatoms. The summed E-state index contributed by atoms with van der Waals surface area (Å²) in [5, 5.41) is 10.7. The van der Waals surface area contributed by atoms with E-state index in [4.69, 9.17) is 10.5 Å². The summed E-state index contributed by atoms with van der Waals surface area (Å²) in [5.41, 5.74) is 5.04. The number of nitrogens with zero attached hydrogens (tertiary/aromatic N) is 3. The first-order valence-electron chi connectivity index (χ1n) is 5.06. The molecule has 0 saturated heterocycles. The molecule has 1 fully saturated rings. The Labute approximate surface area is 91.8 Å². The van der Waals surface area contributed by atoms with Crippen molar-refractivity contribution >= 4 is 11.5 Å². The van der Waals surface area contributed by atoms with Gasteiger partial charge < -0.3 is 10.5 Å². The van der Waals surface area contributed by atoms with Crippen molar-refractivity contribution in [2.45, 2.75) is 19.3 Å². The van der Waals surface area contributed by atoms with Gasteiger partial charge in [-0.05, 0) is 12.3 Å². The number of anilines is 1. The summed E-state index contributed by atoms with van der Waals surface area (Å²) in [5.74, 6) is 0.498. The third-order valence-electron chi connectivity index (χ3n) is 2.46. The summed E-state index contributed by atoms with van der Waals surface area (Å²) >= 11 is 0. The van der Waals surface area contributed by atoms with Crippen molar-refractivity contribution in [3.63, 3.8) is 0 Å². The molecule has 1 aromatic heterocycles. The van der Waals surface area contributed by atoms with Gasteiger partial charge in [0.1, 0.15) is 6.33 Å². The zero-order valence-corrected chi connectivity index (χ0v) is 8.63. The lowest BCUT2D eigenvalue weighted by Crippen LogP contribution is -2.06. The summed E-state index contributed by atoms with van der Waals surface area (Å²) < 4.78 is 5.26. The highest BCUT2D eigenvalue weighted by Crippen LogP contribution is 2.33. The molecular formula is C9H12N4O3. The van der Waals surface area contributed by atoms with Gasteiger partial charge in [-0.15, -0.1) is 0 Å². The van der Waals surface area contributed by atoms with Gasteiger partial charge in [0, 0.05) is 0 Å². The first kappa shape index (κ1) is 10.6. The largest absolute Gasteiger partial charge is 0.473 e. The minimum Gasteiger partial charge on any atom is -0.473 e. The molecule has 86 valence electrons. The summed E-state index contributed by atoms with van der Waals surface area (Å²) in [4.78, 5) is 17.4. The van der Waals surface area contributed by atoms with Crippen LogP contribution in [0.15, 0.2) is 6.33 Å². The zero-order valence-electron chi connectivity index (χ0n) is 8.63. The second-order valence-corrected chi connectivity index (χ2v) is 3.75. The van der Waals surface area contributed by atoms with E-state index in [0.29, 0.717) is 12.5 Å². The van der Waals surface area contributed by atoms with E-state index in [1.165, 1.54) is 12.8 Å². The van der Waals surface area contributed by atoms with Gasteiger partial charge in [0.05, 0.1) is 11.5 Å². The van der Waals surface area contributed by atoms with Crippen molar-refractivity contribution in [1.82, 2.24) is 9.97 Å². The van der Waals surface area contributed by atoms with Crippen LogP contribution in [0.5, 0.6) is 5.88 Å². The number of aromatic nitrogens is 2. The number of hydrogen-bond donors (Lipinski definition) is 1. The molecule has 0 spiro atoms. The van der Waals surface area contributed by atoms with Gasteiger partial charge in [-0.3, -0.25) is 10.1 Å². The van der Waals surface area contributed by atoms with Gasteiger partial charge in [-0.25, -0.2) is 4.98 Å². The smallest absolute Gasteiger partial charge is 0.372 e. The van der Waals surface area contributed by atoms with Crippen LogP contribution in [0.25, 0.3) is 0 Å². The van der Waals surface area contributed by atoms with Crippen LogP contribution in [0.1, 0.15) is 19.3 Å². The predicted octanol–water partition coefficient (Wildman–Crippen LogP) is 1.15. The fraction of sp³-hybridized carbons (Fsp3) is 0.556. The lowest BCUT2D eigenvalue weighted by atomic mass is 10.3.